The second-order valence-electron chi connectivity index (χ2n) is 9.04. The Kier molecular flexibility index (Phi) is 5.86. The SMILES string of the molecule is Cn1cc(CNC2CCN(C3CCCCC3O)CC2)c(C(C)(C)C)n1. The van der Waals surface area contributed by atoms with Crippen molar-refractivity contribution in [3.8, 4) is 0 Å². The molecule has 2 fully saturated rings. The van der Waals surface area contributed by atoms with Gasteiger partial charge in [0.2, 0.25) is 0 Å². The number of hydrogen-bond acceptors (Lipinski definition) is 4. The predicted molar refractivity (Wildman–Crippen MR) is 102 cm³/mol. The van der Waals surface area contributed by atoms with E-state index >= 15 is 0 Å². The molecule has 0 aromatic carbocycles. The monoisotopic (exact) mass is 348 g/mol. The van der Waals surface area contributed by atoms with Crippen molar-refractivity contribution in [3.63, 3.8) is 0 Å². The van der Waals surface area contributed by atoms with Crippen molar-refractivity contribution < 1.29 is 5.11 Å². The van der Waals surface area contributed by atoms with Gasteiger partial charge in [0.05, 0.1) is 11.8 Å². The van der Waals surface area contributed by atoms with Crippen molar-refractivity contribution in [1.29, 1.82) is 0 Å². The summed E-state index contributed by atoms with van der Waals surface area (Å²) < 4.78 is 1.94. The van der Waals surface area contributed by atoms with Gasteiger partial charge in [0.1, 0.15) is 0 Å². The van der Waals surface area contributed by atoms with Crippen LogP contribution in [-0.2, 0) is 19.0 Å². The fourth-order valence-electron chi connectivity index (χ4n) is 4.51. The molecule has 0 bridgehead atoms. The van der Waals surface area contributed by atoms with Gasteiger partial charge in [0.15, 0.2) is 0 Å². The molecular weight excluding hydrogens is 312 g/mol. The number of piperidine rings is 1. The fraction of sp³-hybridized carbons (Fsp3) is 0.850. The average Bonchev–Trinajstić information content (AvgIpc) is 2.95. The van der Waals surface area contributed by atoms with Gasteiger partial charge in [-0.1, -0.05) is 33.6 Å². The number of hydrogen-bond donors (Lipinski definition) is 2. The van der Waals surface area contributed by atoms with Crippen LogP contribution in [0.3, 0.4) is 0 Å². The molecule has 25 heavy (non-hydrogen) atoms. The zero-order valence-electron chi connectivity index (χ0n) is 16.5. The molecule has 3 rings (SSSR count). The van der Waals surface area contributed by atoms with E-state index in [2.05, 4.69) is 42.3 Å². The van der Waals surface area contributed by atoms with Crippen molar-refractivity contribution in [1.82, 2.24) is 20.0 Å². The number of aliphatic hydroxyl groups excluding tert-OH is 1. The highest BCUT2D eigenvalue weighted by atomic mass is 16.3. The highest BCUT2D eigenvalue weighted by molar-refractivity contribution is 5.24. The molecule has 1 aliphatic heterocycles. The van der Waals surface area contributed by atoms with E-state index in [0.29, 0.717) is 12.1 Å². The second kappa shape index (κ2) is 7.77. The van der Waals surface area contributed by atoms with Gasteiger partial charge in [-0.05, 0) is 25.7 Å². The first kappa shape index (κ1) is 18.9. The van der Waals surface area contributed by atoms with Gasteiger partial charge in [-0.3, -0.25) is 9.58 Å². The Morgan fingerprint density at radius 2 is 1.84 bits per heavy atom. The molecule has 1 aromatic heterocycles. The molecule has 2 N–H and O–H groups in total. The molecule has 5 heteroatoms. The van der Waals surface area contributed by atoms with Crippen molar-refractivity contribution in [2.24, 2.45) is 7.05 Å². The van der Waals surface area contributed by atoms with Crippen LogP contribution in [0.4, 0.5) is 0 Å². The van der Waals surface area contributed by atoms with Crippen LogP contribution in [0.1, 0.15) is 70.6 Å². The maximum atomic E-state index is 10.3. The Balaban J connectivity index is 1.50. The summed E-state index contributed by atoms with van der Waals surface area (Å²) in [4.78, 5) is 2.53. The summed E-state index contributed by atoms with van der Waals surface area (Å²) in [5.74, 6) is 0. The number of rotatable bonds is 4. The highest BCUT2D eigenvalue weighted by Crippen LogP contribution is 2.27. The summed E-state index contributed by atoms with van der Waals surface area (Å²) in [6.45, 7) is 9.81. The van der Waals surface area contributed by atoms with Crippen LogP contribution < -0.4 is 5.32 Å². The van der Waals surface area contributed by atoms with Gasteiger partial charge < -0.3 is 10.4 Å². The summed E-state index contributed by atoms with van der Waals surface area (Å²) in [6.07, 6.45) is 9.02. The maximum absolute atomic E-state index is 10.3. The topological polar surface area (TPSA) is 53.3 Å². The Hall–Kier alpha value is -0.910. The molecule has 5 nitrogen and oxygen atoms in total. The van der Waals surface area contributed by atoms with E-state index < -0.39 is 0 Å². The quantitative estimate of drug-likeness (QED) is 0.878. The Morgan fingerprint density at radius 3 is 2.48 bits per heavy atom. The molecule has 2 atom stereocenters. The van der Waals surface area contributed by atoms with Crippen molar-refractivity contribution in [2.45, 2.75) is 89.4 Å². The molecule has 1 saturated heterocycles. The molecule has 2 aliphatic rings. The normalized spacial score (nSPS) is 26.9. The van der Waals surface area contributed by atoms with Crippen LogP contribution in [-0.4, -0.2) is 51.1 Å². The first-order valence-corrected chi connectivity index (χ1v) is 10.0. The van der Waals surface area contributed by atoms with Crippen molar-refractivity contribution >= 4 is 0 Å². The number of aryl methyl sites for hydroxylation is 1. The Bertz CT molecular complexity index is 555. The lowest BCUT2D eigenvalue weighted by molar-refractivity contribution is 0.00713. The molecule has 1 aromatic rings. The lowest BCUT2D eigenvalue weighted by atomic mass is 9.89. The minimum absolute atomic E-state index is 0.0821. The van der Waals surface area contributed by atoms with Crippen LogP contribution in [0.15, 0.2) is 6.20 Å². The third-order valence-electron chi connectivity index (χ3n) is 5.89. The fourth-order valence-corrected chi connectivity index (χ4v) is 4.51. The van der Waals surface area contributed by atoms with E-state index in [0.717, 1.165) is 26.1 Å². The van der Waals surface area contributed by atoms with E-state index in [9.17, 15) is 5.11 Å². The minimum Gasteiger partial charge on any atom is -0.391 e. The average molecular weight is 349 g/mol. The second-order valence-corrected chi connectivity index (χ2v) is 9.04. The third kappa shape index (κ3) is 4.63. The third-order valence-corrected chi connectivity index (χ3v) is 5.89. The first-order valence-electron chi connectivity index (χ1n) is 10.0. The predicted octanol–water partition coefficient (Wildman–Crippen LogP) is 2.58. The molecule has 1 saturated carbocycles. The number of aromatic nitrogens is 2. The van der Waals surface area contributed by atoms with Crippen molar-refractivity contribution in [2.75, 3.05) is 13.1 Å². The minimum atomic E-state index is -0.108. The number of likely N-dealkylation sites (tertiary alicyclic amines) is 1. The lowest BCUT2D eigenvalue weighted by Crippen LogP contribution is -2.51. The molecule has 0 amide bonds. The highest BCUT2D eigenvalue weighted by Gasteiger charge is 2.31. The van der Waals surface area contributed by atoms with Gasteiger partial charge >= 0.3 is 0 Å². The van der Waals surface area contributed by atoms with Crippen LogP contribution in [0.5, 0.6) is 0 Å². The van der Waals surface area contributed by atoms with Gasteiger partial charge in [-0.2, -0.15) is 5.10 Å². The summed E-state index contributed by atoms with van der Waals surface area (Å²) in [5, 5.41) is 18.7. The zero-order chi connectivity index (χ0) is 18.0. The summed E-state index contributed by atoms with van der Waals surface area (Å²) in [5.41, 5.74) is 2.60. The van der Waals surface area contributed by atoms with E-state index in [-0.39, 0.29) is 11.5 Å². The molecule has 0 spiro atoms. The smallest absolute Gasteiger partial charge is 0.0722 e. The maximum Gasteiger partial charge on any atom is 0.0722 e. The molecule has 142 valence electrons. The van der Waals surface area contributed by atoms with E-state index in [1.54, 1.807) is 0 Å². The van der Waals surface area contributed by atoms with Crippen LogP contribution in [0.25, 0.3) is 0 Å². The Morgan fingerprint density at radius 1 is 1.16 bits per heavy atom. The number of nitrogens with one attached hydrogen (secondary N) is 1. The number of nitrogens with zero attached hydrogens (tertiary/aromatic N) is 3. The molecule has 1 aliphatic carbocycles. The first-order chi connectivity index (χ1) is 11.8. The van der Waals surface area contributed by atoms with Crippen molar-refractivity contribution in [3.05, 3.63) is 17.5 Å². The summed E-state index contributed by atoms with van der Waals surface area (Å²) >= 11 is 0. The van der Waals surface area contributed by atoms with Gasteiger partial charge in [-0.15, -0.1) is 0 Å². The Labute approximate surface area is 152 Å². The largest absolute Gasteiger partial charge is 0.391 e. The van der Waals surface area contributed by atoms with Crippen LogP contribution in [0, 0.1) is 0 Å². The van der Waals surface area contributed by atoms with Crippen LogP contribution >= 0.6 is 0 Å². The number of aliphatic hydroxyl groups is 1. The van der Waals surface area contributed by atoms with Gasteiger partial charge in [-0.25, -0.2) is 0 Å². The molecule has 2 heterocycles. The van der Waals surface area contributed by atoms with E-state index in [1.807, 2.05) is 11.7 Å². The zero-order valence-corrected chi connectivity index (χ0v) is 16.5. The molecular formula is C20H36N4O. The summed E-state index contributed by atoms with van der Waals surface area (Å²) in [6, 6.07) is 0.977. The lowest BCUT2D eigenvalue weighted by Gasteiger charge is -2.41. The van der Waals surface area contributed by atoms with Gasteiger partial charge in [0.25, 0.3) is 0 Å². The standard InChI is InChI=1S/C20H36N4O/c1-20(2,3)19-15(14-23(4)22-19)13-21-16-9-11-24(12-10-16)17-7-5-6-8-18(17)25/h14,16-18,21,25H,5-13H2,1-4H3. The molecule has 0 radical (unpaired) electrons. The summed E-state index contributed by atoms with van der Waals surface area (Å²) in [7, 11) is 2.01. The van der Waals surface area contributed by atoms with Gasteiger partial charge in [0, 0.05) is 55.9 Å². The molecule has 2 unspecified atom stereocenters. The van der Waals surface area contributed by atoms with E-state index in [4.69, 9.17) is 0 Å². The van der Waals surface area contributed by atoms with Crippen LogP contribution in [0.2, 0.25) is 0 Å². The van der Waals surface area contributed by atoms with E-state index in [1.165, 1.54) is 43.4 Å².